The fourth-order valence-corrected chi connectivity index (χ4v) is 2.78. The molecule has 0 aliphatic carbocycles. The van der Waals surface area contributed by atoms with Crippen molar-refractivity contribution >= 4 is 81.2 Å². The second kappa shape index (κ2) is 8.91. The van der Waals surface area contributed by atoms with Gasteiger partial charge in [-0.1, -0.05) is 81.7 Å². The lowest BCUT2D eigenvalue weighted by Gasteiger charge is -2.15. The monoisotopic (exact) mass is 524 g/mol. The minimum Gasteiger partial charge on any atom is -0.508 e. The number of anilines is 1. The summed E-state index contributed by atoms with van der Waals surface area (Å²) < 4.78 is -3.93. The maximum Gasteiger partial charge on any atom is 0.255 e. The van der Waals surface area contributed by atoms with Gasteiger partial charge in [-0.3, -0.25) is 4.79 Å². The number of nitrogens with one attached hydrogen (secondary N) is 1. The van der Waals surface area contributed by atoms with E-state index < -0.39 is 7.59 Å². The van der Waals surface area contributed by atoms with E-state index in [0.29, 0.717) is 16.8 Å². The highest BCUT2D eigenvalue weighted by Gasteiger charge is 2.34. The van der Waals surface area contributed by atoms with Gasteiger partial charge in [-0.05, 0) is 36.4 Å². The number of benzene rings is 2. The summed E-state index contributed by atoms with van der Waals surface area (Å²) in [5, 5.41) is 12.0. The largest absolute Gasteiger partial charge is 0.508 e. The maximum atomic E-state index is 12.4. The number of phenolic OH excluding ortho intramolecular Hbond substituents is 1. The van der Waals surface area contributed by atoms with Gasteiger partial charge in [0.2, 0.25) is 7.59 Å². The summed E-state index contributed by atoms with van der Waals surface area (Å²) in [6, 6.07) is 12.4. The van der Waals surface area contributed by atoms with Gasteiger partial charge < -0.3 is 10.4 Å². The van der Waals surface area contributed by atoms with E-state index in [-0.39, 0.29) is 29.1 Å². The standard InChI is InChI=1S/C18H10Cl6N4O2/c19-17(20,21)15-26-13(27-16(28-15)18(22,23)24)9-1-3-10(4-2-9)14(30)25-11-5-7-12(29)8-6-11/h1-8,29H,(H,25,30). The highest BCUT2D eigenvalue weighted by atomic mass is 35.6. The predicted octanol–water partition coefficient (Wildman–Crippen LogP) is 6.15. The Balaban J connectivity index is 1.90. The van der Waals surface area contributed by atoms with E-state index in [1.54, 1.807) is 36.4 Å². The number of phenols is 1. The van der Waals surface area contributed by atoms with Gasteiger partial charge in [-0.25, -0.2) is 15.0 Å². The fourth-order valence-electron chi connectivity index (χ4n) is 2.28. The van der Waals surface area contributed by atoms with E-state index >= 15 is 0 Å². The van der Waals surface area contributed by atoms with Gasteiger partial charge >= 0.3 is 0 Å². The Morgan fingerprint density at radius 3 is 1.73 bits per heavy atom. The molecule has 30 heavy (non-hydrogen) atoms. The van der Waals surface area contributed by atoms with Gasteiger partial charge in [0.1, 0.15) is 5.75 Å². The molecule has 1 amide bonds. The van der Waals surface area contributed by atoms with E-state index in [1.807, 2.05) is 0 Å². The van der Waals surface area contributed by atoms with Crippen molar-refractivity contribution in [3.8, 4) is 17.1 Å². The zero-order valence-electron chi connectivity index (χ0n) is 14.6. The van der Waals surface area contributed by atoms with Gasteiger partial charge in [0.25, 0.3) is 5.91 Å². The van der Waals surface area contributed by atoms with Crippen molar-refractivity contribution in [2.75, 3.05) is 5.32 Å². The number of aromatic nitrogens is 3. The second-order valence-corrected chi connectivity index (χ2v) is 10.4. The number of hydrogen-bond acceptors (Lipinski definition) is 5. The smallest absolute Gasteiger partial charge is 0.255 e. The van der Waals surface area contributed by atoms with Crippen LogP contribution in [0.15, 0.2) is 48.5 Å². The number of nitrogens with zero attached hydrogens (tertiary/aromatic N) is 3. The van der Waals surface area contributed by atoms with Crippen LogP contribution in [0.3, 0.4) is 0 Å². The zero-order chi connectivity index (χ0) is 22.1. The molecule has 2 aromatic carbocycles. The first-order valence-corrected chi connectivity index (χ1v) is 10.3. The third-order valence-corrected chi connectivity index (χ3v) is 4.69. The normalized spacial score (nSPS) is 11.9. The molecule has 0 radical (unpaired) electrons. The first kappa shape index (κ1) is 23.1. The van der Waals surface area contributed by atoms with Crippen molar-refractivity contribution in [2.45, 2.75) is 7.59 Å². The molecule has 0 fully saturated rings. The molecule has 12 heteroatoms. The Morgan fingerprint density at radius 1 is 0.767 bits per heavy atom. The van der Waals surface area contributed by atoms with Crippen molar-refractivity contribution in [1.29, 1.82) is 0 Å². The number of alkyl halides is 6. The topological polar surface area (TPSA) is 88.0 Å². The molecular weight excluding hydrogens is 517 g/mol. The number of hydrogen-bond donors (Lipinski definition) is 2. The highest BCUT2D eigenvalue weighted by Crippen LogP contribution is 2.40. The lowest BCUT2D eigenvalue weighted by Crippen LogP contribution is -2.17. The van der Waals surface area contributed by atoms with Gasteiger partial charge in [0.15, 0.2) is 17.5 Å². The van der Waals surface area contributed by atoms with Gasteiger partial charge in [0, 0.05) is 16.8 Å². The molecule has 0 aliphatic rings. The number of amides is 1. The molecule has 0 atom stereocenters. The summed E-state index contributed by atoms with van der Waals surface area (Å²) in [6.07, 6.45) is 0. The van der Waals surface area contributed by atoms with Gasteiger partial charge in [-0.15, -0.1) is 0 Å². The van der Waals surface area contributed by atoms with Gasteiger partial charge in [-0.2, -0.15) is 0 Å². The summed E-state index contributed by atoms with van der Waals surface area (Å²) >= 11 is 35.2. The Kier molecular flexibility index (Phi) is 6.87. The Labute approximate surface area is 201 Å². The molecule has 1 heterocycles. The van der Waals surface area contributed by atoms with E-state index in [9.17, 15) is 9.90 Å². The molecule has 0 saturated carbocycles. The summed E-state index contributed by atoms with van der Waals surface area (Å²) in [6.45, 7) is 0. The lowest BCUT2D eigenvalue weighted by atomic mass is 10.1. The average molecular weight is 527 g/mol. The second-order valence-electron chi connectivity index (χ2n) is 5.88. The zero-order valence-corrected chi connectivity index (χ0v) is 19.1. The molecule has 3 rings (SSSR count). The summed E-state index contributed by atoms with van der Waals surface area (Å²) in [4.78, 5) is 24.5. The molecular formula is C18H10Cl6N4O2. The SMILES string of the molecule is O=C(Nc1ccc(O)cc1)c1ccc(-c2nc(C(Cl)(Cl)Cl)nc(C(Cl)(Cl)Cl)n2)cc1. The van der Waals surface area contributed by atoms with Crippen molar-refractivity contribution < 1.29 is 9.90 Å². The van der Waals surface area contributed by atoms with Crippen LogP contribution in [0.2, 0.25) is 0 Å². The third-order valence-electron chi connectivity index (χ3n) is 3.67. The Hall–Kier alpha value is -1.54. The number of aromatic hydroxyl groups is 1. The molecule has 1 aromatic heterocycles. The molecule has 156 valence electrons. The van der Waals surface area contributed by atoms with Crippen LogP contribution < -0.4 is 5.32 Å². The van der Waals surface area contributed by atoms with Crippen LogP contribution in [0.4, 0.5) is 5.69 Å². The van der Waals surface area contributed by atoms with Crippen molar-refractivity contribution in [1.82, 2.24) is 15.0 Å². The van der Waals surface area contributed by atoms with Crippen LogP contribution in [0.25, 0.3) is 11.4 Å². The number of halogens is 6. The molecule has 3 aromatic rings. The summed E-state index contributed by atoms with van der Waals surface area (Å²) in [7, 11) is 0. The van der Waals surface area contributed by atoms with Gasteiger partial charge in [0.05, 0.1) is 0 Å². The van der Waals surface area contributed by atoms with Crippen LogP contribution >= 0.6 is 69.6 Å². The molecule has 0 spiro atoms. The first-order valence-electron chi connectivity index (χ1n) is 8.05. The van der Waals surface area contributed by atoms with Crippen molar-refractivity contribution in [3.05, 3.63) is 65.7 Å². The van der Waals surface area contributed by atoms with E-state index in [4.69, 9.17) is 69.6 Å². The average Bonchev–Trinajstić information content (AvgIpc) is 2.68. The number of rotatable bonds is 3. The van der Waals surface area contributed by atoms with E-state index in [2.05, 4.69) is 20.3 Å². The molecule has 0 bridgehead atoms. The van der Waals surface area contributed by atoms with Crippen LogP contribution in [0, 0.1) is 0 Å². The Morgan fingerprint density at radius 2 is 1.27 bits per heavy atom. The molecule has 0 unspecified atom stereocenters. The molecule has 2 N–H and O–H groups in total. The first-order chi connectivity index (χ1) is 13.9. The summed E-state index contributed by atoms with van der Waals surface area (Å²) in [5.74, 6) is -0.593. The minimum absolute atomic E-state index is 0.0955. The maximum absolute atomic E-state index is 12.4. The van der Waals surface area contributed by atoms with Crippen molar-refractivity contribution in [2.24, 2.45) is 0 Å². The highest BCUT2D eigenvalue weighted by molar-refractivity contribution is 6.67. The fraction of sp³-hybridized carbons (Fsp3) is 0.111. The van der Waals surface area contributed by atoms with Crippen molar-refractivity contribution in [3.63, 3.8) is 0 Å². The van der Waals surface area contributed by atoms with Crippen LogP contribution in [0.5, 0.6) is 5.75 Å². The summed E-state index contributed by atoms with van der Waals surface area (Å²) in [5.41, 5.74) is 1.37. The minimum atomic E-state index is -1.97. The molecule has 6 nitrogen and oxygen atoms in total. The van der Waals surface area contributed by atoms with Crippen LogP contribution in [-0.2, 0) is 7.59 Å². The molecule has 0 saturated heterocycles. The number of carbonyl (C=O) groups excluding carboxylic acids is 1. The molecule has 0 aliphatic heterocycles. The number of carbonyl (C=O) groups is 1. The predicted molar refractivity (Wildman–Crippen MR) is 120 cm³/mol. The quantitative estimate of drug-likeness (QED) is 0.316. The van der Waals surface area contributed by atoms with Crippen LogP contribution in [-0.4, -0.2) is 26.0 Å². The van der Waals surface area contributed by atoms with E-state index in [0.717, 1.165) is 0 Å². The van der Waals surface area contributed by atoms with Crippen LogP contribution in [0.1, 0.15) is 22.0 Å². The van der Waals surface area contributed by atoms with E-state index in [1.165, 1.54) is 12.1 Å². The third kappa shape index (κ3) is 5.78. The Bertz CT molecular complexity index is 1030. The lowest BCUT2D eigenvalue weighted by molar-refractivity contribution is 0.102.